The first-order valence-electron chi connectivity index (χ1n) is 12.8. The van der Waals surface area contributed by atoms with Crippen LogP contribution < -0.4 is 10.6 Å². The largest absolute Gasteiger partial charge is 0.449 e. The van der Waals surface area contributed by atoms with Gasteiger partial charge in [0.15, 0.2) is 0 Å². The van der Waals surface area contributed by atoms with E-state index in [1.54, 1.807) is 18.7 Å². The van der Waals surface area contributed by atoms with Crippen molar-refractivity contribution in [3.8, 4) is 17.2 Å². The lowest BCUT2D eigenvalue weighted by molar-refractivity contribution is -0.126. The van der Waals surface area contributed by atoms with Gasteiger partial charge in [0.25, 0.3) is 0 Å². The Balaban J connectivity index is 1.36. The van der Waals surface area contributed by atoms with Gasteiger partial charge in [0, 0.05) is 5.92 Å². The van der Waals surface area contributed by atoms with Crippen molar-refractivity contribution < 1.29 is 19.1 Å². The van der Waals surface area contributed by atoms with Gasteiger partial charge in [0.1, 0.15) is 23.6 Å². The van der Waals surface area contributed by atoms with Crippen molar-refractivity contribution in [1.82, 2.24) is 10.6 Å². The standard InChI is InChI=1S/C29H33N3O4S2/c1-19(28(34)32-25(13-14-37-2)27(33)26(17-30)38-15-7-8-16-38)31-29(35)36-18-24-22-11-5-3-9-20(22)21-10-4-6-12-23(21)24/h3-6,9-12,19,24-25H,7-8,13-16,18H2,1-2H3,(H,31,35)(H,32,34)/t19?,25-/m0/s1. The fraction of sp³-hybridized carbons (Fsp3) is 0.414. The third-order valence-electron chi connectivity index (χ3n) is 6.96. The number of ketones is 1. The number of fused-ring (bicyclic) bond motifs is 3. The minimum atomic E-state index is -0.908. The summed E-state index contributed by atoms with van der Waals surface area (Å²) >= 11 is 1.57. The van der Waals surface area contributed by atoms with Gasteiger partial charge in [-0.1, -0.05) is 48.5 Å². The molecule has 200 valence electrons. The van der Waals surface area contributed by atoms with Gasteiger partial charge in [-0.15, -0.1) is 0 Å². The number of nitriles is 1. The lowest BCUT2D eigenvalue weighted by Crippen LogP contribution is -2.51. The fourth-order valence-corrected chi connectivity index (χ4v) is 7.71. The van der Waals surface area contributed by atoms with Crippen LogP contribution in [0.4, 0.5) is 4.79 Å². The summed E-state index contributed by atoms with van der Waals surface area (Å²) in [5.74, 6) is 1.52. The zero-order chi connectivity index (χ0) is 27.1. The molecule has 0 saturated carbocycles. The lowest BCUT2D eigenvalue weighted by atomic mass is 9.98. The molecular weight excluding hydrogens is 518 g/mol. The first kappa shape index (κ1) is 27.9. The number of rotatable bonds is 10. The van der Waals surface area contributed by atoms with Gasteiger partial charge in [0.05, 0.1) is 6.04 Å². The number of Topliss-reactive ketones (excluding diaryl/α,β-unsaturated/α-hetero) is 1. The Morgan fingerprint density at radius 3 is 2.24 bits per heavy atom. The summed E-state index contributed by atoms with van der Waals surface area (Å²) < 4.78 is 5.55. The minimum Gasteiger partial charge on any atom is -0.449 e. The van der Waals surface area contributed by atoms with Gasteiger partial charge in [-0.05, 0) is 72.0 Å². The molecule has 9 heteroatoms. The van der Waals surface area contributed by atoms with E-state index in [0.29, 0.717) is 12.2 Å². The summed E-state index contributed by atoms with van der Waals surface area (Å²) in [6, 6.07) is 16.6. The Hall–Kier alpha value is -3.09. The van der Waals surface area contributed by atoms with Crippen molar-refractivity contribution in [1.29, 1.82) is 5.26 Å². The van der Waals surface area contributed by atoms with Crippen LogP contribution in [-0.4, -0.2) is 64.9 Å². The highest BCUT2D eigenvalue weighted by Gasteiger charge is 2.31. The van der Waals surface area contributed by atoms with Crippen LogP contribution in [0.3, 0.4) is 0 Å². The number of amides is 2. The summed E-state index contributed by atoms with van der Waals surface area (Å²) in [4.78, 5) is 39.1. The molecule has 38 heavy (non-hydrogen) atoms. The number of nitrogens with zero attached hydrogens (tertiary/aromatic N) is 1. The highest BCUT2D eigenvalue weighted by atomic mass is 32.2. The second kappa shape index (κ2) is 13.1. The molecule has 4 rings (SSSR count). The molecule has 1 unspecified atom stereocenters. The van der Waals surface area contributed by atoms with Crippen molar-refractivity contribution in [2.24, 2.45) is 0 Å². The smallest absolute Gasteiger partial charge is 0.407 e. The molecule has 1 fully saturated rings. The normalized spacial score (nSPS) is 16.0. The molecule has 2 aliphatic rings. The number of carbonyl (C=O) groups excluding carboxylic acids is 3. The zero-order valence-electron chi connectivity index (χ0n) is 21.7. The van der Waals surface area contributed by atoms with Gasteiger partial charge < -0.3 is 15.4 Å². The predicted octanol–water partition coefficient (Wildman–Crippen LogP) is 4.48. The molecule has 2 aromatic carbocycles. The van der Waals surface area contributed by atoms with Gasteiger partial charge in [-0.3, -0.25) is 9.59 Å². The van der Waals surface area contributed by atoms with Crippen molar-refractivity contribution in [3.63, 3.8) is 0 Å². The Labute approximate surface area is 230 Å². The summed E-state index contributed by atoms with van der Waals surface area (Å²) in [7, 11) is -0.333. The van der Waals surface area contributed by atoms with Crippen molar-refractivity contribution in [3.05, 3.63) is 59.7 Å². The molecule has 2 amide bonds. The van der Waals surface area contributed by atoms with Crippen molar-refractivity contribution >= 4 is 44.9 Å². The van der Waals surface area contributed by atoms with Crippen LogP contribution in [0.15, 0.2) is 48.5 Å². The van der Waals surface area contributed by atoms with Crippen LogP contribution >= 0.6 is 22.2 Å². The van der Waals surface area contributed by atoms with Crippen molar-refractivity contribution in [2.45, 2.75) is 44.2 Å². The number of hydrogen-bond donors (Lipinski definition) is 2. The van der Waals surface area contributed by atoms with Gasteiger partial charge in [-0.25, -0.2) is 4.79 Å². The number of ether oxygens (including phenoxy) is 1. The average molecular weight is 552 g/mol. The zero-order valence-corrected chi connectivity index (χ0v) is 23.3. The number of benzene rings is 2. The van der Waals surface area contributed by atoms with Crippen LogP contribution in [-0.2, 0) is 14.3 Å². The van der Waals surface area contributed by atoms with E-state index in [1.165, 1.54) is 0 Å². The fourth-order valence-electron chi connectivity index (χ4n) is 4.96. The van der Waals surface area contributed by atoms with Gasteiger partial charge in [-0.2, -0.15) is 27.5 Å². The van der Waals surface area contributed by atoms with E-state index in [2.05, 4.69) is 28.8 Å². The molecule has 2 aromatic rings. The third-order valence-corrected chi connectivity index (χ3v) is 10.0. The molecule has 0 aromatic heterocycles. The molecule has 1 aliphatic carbocycles. The maximum absolute atomic E-state index is 13.2. The molecule has 0 bridgehead atoms. The topological polar surface area (TPSA) is 108 Å². The molecular formula is C29H33N3O4S2. The molecule has 0 radical (unpaired) electrons. The molecule has 2 atom stereocenters. The maximum atomic E-state index is 13.2. The Morgan fingerprint density at radius 2 is 1.66 bits per heavy atom. The summed E-state index contributed by atoms with van der Waals surface area (Å²) in [6.45, 7) is 1.70. The SMILES string of the molecule is CSCC[C@H](NC(=O)C(C)NC(=O)OCC1c2ccccc2-c2ccccc21)C(=O)C(C#N)=S1CCCC1. The summed E-state index contributed by atoms with van der Waals surface area (Å²) in [5.41, 5.74) is 4.49. The quantitative estimate of drug-likeness (QED) is 0.422. The van der Waals surface area contributed by atoms with E-state index in [4.69, 9.17) is 4.74 Å². The van der Waals surface area contributed by atoms with E-state index in [-0.39, 0.29) is 33.7 Å². The molecule has 1 aliphatic heterocycles. The summed E-state index contributed by atoms with van der Waals surface area (Å²) in [5, 5.41) is 15.0. The second-order valence-electron chi connectivity index (χ2n) is 9.45. The van der Waals surface area contributed by atoms with Crippen molar-refractivity contribution in [2.75, 3.05) is 30.1 Å². The summed E-state index contributed by atoms with van der Waals surface area (Å²) in [6.07, 6.45) is 3.69. The first-order valence-corrected chi connectivity index (χ1v) is 15.8. The van der Waals surface area contributed by atoms with E-state index < -0.39 is 24.1 Å². The van der Waals surface area contributed by atoms with E-state index in [9.17, 15) is 19.6 Å². The third kappa shape index (κ3) is 6.30. The second-order valence-corrected chi connectivity index (χ2v) is 12.6. The van der Waals surface area contributed by atoms with Gasteiger partial charge in [0.2, 0.25) is 11.7 Å². The molecule has 7 nitrogen and oxygen atoms in total. The van der Waals surface area contributed by atoms with E-state index in [1.807, 2.05) is 42.7 Å². The van der Waals surface area contributed by atoms with Crippen LogP contribution in [0.25, 0.3) is 11.1 Å². The number of hydrogen-bond acceptors (Lipinski definition) is 6. The number of carbonyl (C=O) groups is 3. The van der Waals surface area contributed by atoms with Crippen LogP contribution in [0, 0.1) is 11.3 Å². The average Bonchev–Trinajstić information content (AvgIpc) is 3.57. The number of nitrogens with one attached hydrogen (secondary N) is 2. The highest BCUT2D eigenvalue weighted by Crippen LogP contribution is 2.44. The molecule has 1 heterocycles. The first-order chi connectivity index (χ1) is 18.4. The van der Waals surface area contributed by atoms with E-state index >= 15 is 0 Å². The molecule has 0 spiro atoms. The monoisotopic (exact) mass is 551 g/mol. The number of alkyl carbamates (subject to hydrolysis) is 1. The van der Waals surface area contributed by atoms with Gasteiger partial charge >= 0.3 is 6.09 Å². The Morgan fingerprint density at radius 1 is 1.05 bits per heavy atom. The highest BCUT2D eigenvalue weighted by molar-refractivity contribution is 8.17. The van der Waals surface area contributed by atoms with Crippen LogP contribution in [0.5, 0.6) is 0 Å². The Kier molecular flexibility index (Phi) is 9.64. The predicted molar refractivity (Wildman–Crippen MR) is 155 cm³/mol. The van der Waals surface area contributed by atoms with Crippen LogP contribution in [0.2, 0.25) is 0 Å². The Bertz CT molecular complexity index is 1230. The van der Waals surface area contributed by atoms with E-state index in [0.717, 1.165) is 46.6 Å². The minimum absolute atomic E-state index is 0.0813. The van der Waals surface area contributed by atoms with Crippen LogP contribution in [0.1, 0.15) is 43.2 Å². The number of thioether (sulfide) groups is 1. The molecule has 2 N–H and O–H groups in total. The lowest BCUT2D eigenvalue weighted by Gasteiger charge is -2.21. The molecule has 1 saturated heterocycles. The maximum Gasteiger partial charge on any atom is 0.407 e.